The van der Waals surface area contributed by atoms with Crippen molar-refractivity contribution >= 4 is 5.97 Å². The molecule has 1 unspecified atom stereocenters. The van der Waals surface area contributed by atoms with Crippen molar-refractivity contribution in [3.05, 3.63) is 29.6 Å². The average molecular weight is 227 g/mol. The number of carbonyl (C=O) groups is 1. The Hall–Kier alpha value is -1.62. The minimum Gasteiger partial charge on any atom is -0.508 e. The van der Waals surface area contributed by atoms with Gasteiger partial charge in [-0.1, -0.05) is 0 Å². The molecule has 1 aromatic carbocycles. The van der Waals surface area contributed by atoms with E-state index in [1.807, 2.05) is 0 Å². The maximum atomic E-state index is 12.9. The maximum Gasteiger partial charge on any atom is 0.319 e. The molecule has 0 fully saturated rings. The van der Waals surface area contributed by atoms with Gasteiger partial charge in [-0.05, 0) is 25.1 Å². The first-order valence-corrected chi connectivity index (χ1v) is 4.83. The zero-order valence-electron chi connectivity index (χ0n) is 9.16. The van der Waals surface area contributed by atoms with Gasteiger partial charge in [-0.15, -0.1) is 0 Å². The van der Waals surface area contributed by atoms with E-state index in [0.29, 0.717) is 5.56 Å². The van der Waals surface area contributed by atoms with Crippen LogP contribution in [0.1, 0.15) is 18.5 Å². The fourth-order valence-corrected chi connectivity index (χ4v) is 1.29. The van der Waals surface area contributed by atoms with E-state index in [1.54, 1.807) is 6.92 Å². The monoisotopic (exact) mass is 227 g/mol. The van der Waals surface area contributed by atoms with Crippen molar-refractivity contribution in [3.8, 4) is 5.75 Å². The van der Waals surface area contributed by atoms with Gasteiger partial charge in [0, 0.05) is 11.6 Å². The van der Waals surface area contributed by atoms with E-state index in [-0.39, 0.29) is 18.3 Å². The van der Waals surface area contributed by atoms with E-state index >= 15 is 0 Å². The summed E-state index contributed by atoms with van der Waals surface area (Å²) < 4.78 is 17.4. The molecule has 0 saturated carbocycles. The summed E-state index contributed by atoms with van der Waals surface area (Å²) in [7, 11) is 1.29. The van der Waals surface area contributed by atoms with Gasteiger partial charge < -0.3 is 15.2 Å². The molecule has 2 N–H and O–H groups in total. The summed E-state index contributed by atoms with van der Waals surface area (Å²) >= 11 is 0. The fraction of sp³-hybridized carbons (Fsp3) is 0.364. The lowest BCUT2D eigenvalue weighted by Gasteiger charge is -2.14. The van der Waals surface area contributed by atoms with Gasteiger partial charge in [0.1, 0.15) is 11.6 Å². The Kier molecular flexibility index (Phi) is 4.25. The van der Waals surface area contributed by atoms with E-state index in [9.17, 15) is 14.3 Å². The van der Waals surface area contributed by atoms with Gasteiger partial charge in [0.2, 0.25) is 0 Å². The smallest absolute Gasteiger partial charge is 0.319 e. The van der Waals surface area contributed by atoms with E-state index in [2.05, 4.69) is 10.1 Å². The SMILES string of the molecule is COC(=O)CNC(C)c1cc(F)ccc1O. The Morgan fingerprint density at radius 3 is 2.94 bits per heavy atom. The van der Waals surface area contributed by atoms with E-state index < -0.39 is 11.8 Å². The highest BCUT2D eigenvalue weighted by Gasteiger charge is 2.12. The first kappa shape index (κ1) is 12.4. The zero-order chi connectivity index (χ0) is 12.1. The first-order chi connectivity index (χ1) is 7.54. The number of esters is 1. The van der Waals surface area contributed by atoms with Crippen LogP contribution in [0.4, 0.5) is 4.39 Å². The van der Waals surface area contributed by atoms with Crippen molar-refractivity contribution in [2.75, 3.05) is 13.7 Å². The summed E-state index contributed by atoms with van der Waals surface area (Å²) in [5, 5.41) is 12.3. The van der Waals surface area contributed by atoms with Crippen LogP contribution in [-0.4, -0.2) is 24.7 Å². The number of phenolic OH excluding ortho intramolecular Hbond substituents is 1. The first-order valence-electron chi connectivity index (χ1n) is 4.83. The largest absolute Gasteiger partial charge is 0.508 e. The Balaban J connectivity index is 2.68. The molecule has 0 saturated heterocycles. The number of aromatic hydroxyl groups is 1. The van der Waals surface area contributed by atoms with Crippen LogP contribution in [0.2, 0.25) is 0 Å². The number of phenols is 1. The predicted molar refractivity (Wildman–Crippen MR) is 56.5 cm³/mol. The summed E-state index contributed by atoms with van der Waals surface area (Å²) in [6.07, 6.45) is 0. The number of halogens is 1. The highest BCUT2D eigenvalue weighted by molar-refractivity contribution is 5.71. The second-order valence-electron chi connectivity index (χ2n) is 3.38. The maximum absolute atomic E-state index is 12.9. The zero-order valence-corrected chi connectivity index (χ0v) is 9.16. The van der Waals surface area contributed by atoms with Gasteiger partial charge in [-0.25, -0.2) is 4.39 Å². The quantitative estimate of drug-likeness (QED) is 0.762. The van der Waals surface area contributed by atoms with Crippen molar-refractivity contribution in [1.82, 2.24) is 5.32 Å². The number of rotatable bonds is 4. The molecule has 0 bridgehead atoms. The molecule has 0 radical (unpaired) electrons. The number of nitrogens with one attached hydrogen (secondary N) is 1. The average Bonchev–Trinajstić information content (AvgIpc) is 2.28. The lowest BCUT2D eigenvalue weighted by molar-refractivity contribution is -0.139. The third kappa shape index (κ3) is 3.20. The molecular weight excluding hydrogens is 213 g/mol. The van der Waals surface area contributed by atoms with Crippen molar-refractivity contribution < 1.29 is 19.0 Å². The van der Waals surface area contributed by atoms with Crippen molar-refractivity contribution in [1.29, 1.82) is 0 Å². The van der Waals surface area contributed by atoms with Crippen LogP contribution in [0.15, 0.2) is 18.2 Å². The van der Waals surface area contributed by atoms with Gasteiger partial charge in [0.25, 0.3) is 0 Å². The second kappa shape index (κ2) is 5.46. The number of carbonyl (C=O) groups excluding carboxylic acids is 1. The van der Waals surface area contributed by atoms with E-state index in [0.717, 1.165) is 0 Å². The van der Waals surface area contributed by atoms with Crippen LogP contribution in [0.5, 0.6) is 5.75 Å². The molecule has 0 aliphatic rings. The molecule has 5 heteroatoms. The second-order valence-corrected chi connectivity index (χ2v) is 3.38. The summed E-state index contributed by atoms with van der Waals surface area (Å²) in [6.45, 7) is 1.73. The molecular formula is C11H14FNO3. The summed E-state index contributed by atoms with van der Waals surface area (Å²) in [4.78, 5) is 10.9. The molecule has 1 rings (SSSR count). The Morgan fingerprint density at radius 2 is 2.31 bits per heavy atom. The van der Waals surface area contributed by atoms with Crippen molar-refractivity contribution in [2.24, 2.45) is 0 Å². The number of methoxy groups -OCH3 is 1. The molecule has 0 amide bonds. The van der Waals surface area contributed by atoms with Crippen LogP contribution in [0.3, 0.4) is 0 Å². The van der Waals surface area contributed by atoms with Crippen LogP contribution in [-0.2, 0) is 9.53 Å². The third-order valence-electron chi connectivity index (χ3n) is 2.24. The molecule has 0 aliphatic carbocycles. The Labute approximate surface area is 93.0 Å². The topological polar surface area (TPSA) is 58.6 Å². The number of ether oxygens (including phenoxy) is 1. The molecule has 0 aromatic heterocycles. The normalized spacial score (nSPS) is 12.2. The summed E-state index contributed by atoms with van der Waals surface area (Å²) in [6, 6.07) is 3.34. The van der Waals surface area contributed by atoms with Gasteiger partial charge in [0.05, 0.1) is 13.7 Å². The lowest BCUT2D eigenvalue weighted by Crippen LogP contribution is -2.26. The molecule has 0 spiro atoms. The summed E-state index contributed by atoms with van der Waals surface area (Å²) in [5.41, 5.74) is 0.406. The van der Waals surface area contributed by atoms with Crippen molar-refractivity contribution in [3.63, 3.8) is 0 Å². The molecule has 4 nitrogen and oxygen atoms in total. The minimum absolute atomic E-state index is 0.00756. The molecule has 1 aromatic rings. The van der Waals surface area contributed by atoms with E-state index in [1.165, 1.54) is 25.3 Å². The third-order valence-corrected chi connectivity index (χ3v) is 2.24. The highest BCUT2D eigenvalue weighted by atomic mass is 19.1. The number of benzene rings is 1. The van der Waals surface area contributed by atoms with Gasteiger partial charge >= 0.3 is 5.97 Å². The van der Waals surface area contributed by atoms with E-state index in [4.69, 9.17) is 0 Å². The van der Waals surface area contributed by atoms with Gasteiger partial charge in [-0.2, -0.15) is 0 Å². The fourth-order valence-electron chi connectivity index (χ4n) is 1.29. The Bertz CT molecular complexity index is 381. The predicted octanol–water partition coefficient (Wildman–Crippen LogP) is 1.35. The van der Waals surface area contributed by atoms with Crippen LogP contribution in [0.25, 0.3) is 0 Å². The van der Waals surface area contributed by atoms with Gasteiger partial charge in [0.15, 0.2) is 0 Å². The van der Waals surface area contributed by atoms with Gasteiger partial charge in [-0.3, -0.25) is 4.79 Å². The highest BCUT2D eigenvalue weighted by Crippen LogP contribution is 2.24. The molecule has 0 aliphatic heterocycles. The molecule has 16 heavy (non-hydrogen) atoms. The van der Waals surface area contributed by atoms with Crippen LogP contribution >= 0.6 is 0 Å². The van der Waals surface area contributed by atoms with Crippen LogP contribution < -0.4 is 5.32 Å². The molecule has 0 heterocycles. The molecule has 88 valence electrons. The summed E-state index contributed by atoms with van der Waals surface area (Å²) in [5.74, 6) is -0.853. The number of hydrogen-bond acceptors (Lipinski definition) is 4. The van der Waals surface area contributed by atoms with Crippen LogP contribution in [0, 0.1) is 5.82 Å². The minimum atomic E-state index is -0.431. The van der Waals surface area contributed by atoms with Crippen molar-refractivity contribution in [2.45, 2.75) is 13.0 Å². The lowest BCUT2D eigenvalue weighted by atomic mass is 10.1. The standard InChI is InChI=1S/C11H14FNO3/c1-7(13-6-11(15)16-2)9-5-8(12)3-4-10(9)14/h3-5,7,13-14H,6H2,1-2H3. The number of hydrogen-bond donors (Lipinski definition) is 2. The Morgan fingerprint density at radius 1 is 1.62 bits per heavy atom. The molecule has 1 atom stereocenters.